The zero-order chi connectivity index (χ0) is 22.3. The van der Waals surface area contributed by atoms with Gasteiger partial charge in [-0.05, 0) is 48.2 Å². The minimum Gasteiger partial charge on any atom is -0.467 e. The van der Waals surface area contributed by atoms with Crippen LogP contribution in [0.5, 0.6) is 0 Å². The Kier molecular flexibility index (Phi) is 4.89. The van der Waals surface area contributed by atoms with Gasteiger partial charge in [-0.15, -0.1) is 0 Å². The van der Waals surface area contributed by atoms with E-state index in [1.54, 1.807) is 35.6 Å². The standard InChI is InChI=1S/C25H25N3O4/c1-25(2)13-18-22(20(29)14-25)23(21-10-6-12-32-21)28(19-9-4-3-8-17(19)27-18)24(30)26-15-16-7-5-11-31-16/h3-12,23,27H,13-15H2,1-2H3,(H,26,30)/t23-/m0/s1. The minimum absolute atomic E-state index is 0.0155. The summed E-state index contributed by atoms with van der Waals surface area (Å²) in [5.41, 5.74) is 2.67. The highest BCUT2D eigenvalue weighted by atomic mass is 16.3. The lowest BCUT2D eigenvalue weighted by atomic mass is 9.74. The number of nitrogens with zero attached hydrogens (tertiary/aromatic N) is 1. The number of carbonyl (C=O) groups is 2. The van der Waals surface area contributed by atoms with Gasteiger partial charge < -0.3 is 19.5 Å². The first-order valence-electron chi connectivity index (χ1n) is 10.7. The predicted octanol–water partition coefficient (Wildman–Crippen LogP) is 5.40. The quantitative estimate of drug-likeness (QED) is 0.580. The molecule has 0 bridgehead atoms. The maximum Gasteiger partial charge on any atom is 0.323 e. The maximum absolute atomic E-state index is 13.6. The SMILES string of the molecule is CC1(C)CC(=O)C2=C(C1)Nc1ccccc1N(C(=O)NCc1ccco1)[C@H]2c1ccco1. The van der Waals surface area contributed by atoms with Crippen LogP contribution in [0.1, 0.15) is 44.3 Å². The summed E-state index contributed by atoms with van der Waals surface area (Å²) in [5.74, 6) is 1.20. The fourth-order valence-electron chi connectivity index (χ4n) is 4.59. The number of rotatable bonds is 3. The molecule has 2 aromatic heterocycles. The molecule has 2 N–H and O–H groups in total. The molecule has 0 saturated heterocycles. The summed E-state index contributed by atoms with van der Waals surface area (Å²) in [6.45, 7) is 4.40. The lowest BCUT2D eigenvalue weighted by molar-refractivity contribution is -0.118. The van der Waals surface area contributed by atoms with Gasteiger partial charge >= 0.3 is 6.03 Å². The van der Waals surface area contributed by atoms with Crippen molar-refractivity contribution in [2.45, 2.75) is 39.3 Å². The van der Waals surface area contributed by atoms with E-state index in [4.69, 9.17) is 8.83 Å². The summed E-state index contributed by atoms with van der Waals surface area (Å²) >= 11 is 0. The van der Waals surface area contributed by atoms with Crippen LogP contribution in [0.2, 0.25) is 0 Å². The molecule has 3 aromatic rings. The van der Waals surface area contributed by atoms with E-state index in [1.807, 2.05) is 30.3 Å². The number of Topliss-reactive ketones (excluding diaryl/α,β-unsaturated/α-hetero) is 1. The number of carbonyl (C=O) groups excluding carboxylic acids is 2. The number of hydrogen-bond donors (Lipinski definition) is 2. The van der Waals surface area contributed by atoms with Gasteiger partial charge in [-0.2, -0.15) is 0 Å². The van der Waals surface area contributed by atoms with Crippen LogP contribution in [0.15, 0.2) is 81.2 Å². The van der Waals surface area contributed by atoms with Gasteiger partial charge in [-0.1, -0.05) is 26.0 Å². The van der Waals surface area contributed by atoms with Crippen molar-refractivity contribution < 1.29 is 18.4 Å². The number of hydrogen-bond acceptors (Lipinski definition) is 5. The predicted molar refractivity (Wildman–Crippen MR) is 120 cm³/mol. The van der Waals surface area contributed by atoms with Gasteiger partial charge in [0.2, 0.25) is 0 Å². The molecule has 3 heterocycles. The Labute approximate surface area is 186 Å². The van der Waals surface area contributed by atoms with Gasteiger partial charge in [0.15, 0.2) is 5.78 Å². The molecule has 0 unspecified atom stereocenters. The third kappa shape index (κ3) is 3.60. The lowest BCUT2D eigenvalue weighted by Crippen LogP contribution is -2.44. The number of allylic oxidation sites excluding steroid dienone is 1. The van der Waals surface area contributed by atoms with Crippen LogP contribution in [-0.2, 0) is 11.3 Å². The summed E-state index contributed by atoms with van der Waals surface area (Å²) in [6.07, 6.45) is 4.23. The molecule has 164 valence electrons. The average molecular weight is 431 g/mol. The third-order valence-electron chi connectivity index (χ3n) is 5.93. The number of para-hydroxylation sites is 2. The first-order chi connectivity index (χ1) is 15.4. The van der Waals surface area contributed by atoms with Crippen LogP contribution in [0.25, 0.3) is 0 Å². The van der Waals surface area contributed by atoms with Crippen molar-refractivity contribution in [3.8, 4) is 0 Å². The number of benzene rings is 1. The Morgan fingerprint density at radius 1 is 1.09 bits per heavy atom. The summed E-state index contributed by atoms with van der Waals surface area (Å²) in [7, 11) is 0. The molecular weight excluding hydrogens is 406 g/mol. The highest BCUT2D eigenvalue weighted by Gasteiger charge is 2.44. The monoisotopic (exact) mass is 431 g/mol. The number of nitrogens with one attached hydrogen (secondary N) is 2. The Hall–Kier alpha value is -3.74. The van der Waals surface area contributed by atoms with Crippen LogP contribution in [0.4, 0.5) is 16.2 Å². The molecule has 0 fully saturated rings. The molecule has 0 saturated carbocycles. The molecule has 1 aliphatic heterocycles. The number of urea groups is 1. The van der Waals surface area contributed by atoms with Crippen molar-refractivity contribution in [1.82, 2.24) is 5.32 Å². The van der Waals surface area contributed by atoms with E-state index < -0.39 is 6.04 Å². The fraction of sp³-hybridized carbons (Fsp3) is 0.280. The van der Waals surface area contributed by atoms with Crippen molar-refractivity contribution in [3.05, 3.63) is 83.8 Å². The molecule has 1 atom stereocenters. The molecule has 2 aliphatic rings. The topological polar surface area (TPSA) is 87.7 Å². The molecule has 2 amide bonds. The first kappa shape index (κ1) is 20.2. The van der Waals surface area contributed by atoms with E-state index in [0.717, 1.165) is 11.4 Å². The molecule has 32 heavy (non-hydrogen) atoms. The van der Waals surface area contributed by atoms with E-state index in [-0.39, 0.29) is 23.8 Å². The van der Waals surface area contributed by atoms with E-state index in [2.05, 4.69) is 24.5 Å². The van der Waals surface area contributed by atoms with Gasteiger partial charge in [0.25, 0.3) is 0 Å². The van der Waals surface area contributed by atoms with Crippen molar-refractivity contribution >= 4 is 23.2 Å². The maximum atomic E-state index is 13.6. The summed E-state index contributed by atoms with van der Waals surface area (Å²) < 4.78 is 11.1. The van der Waals surface area contributed by atoms with E-state index in [1.165, 1.54) is 0 Å². The largest absolute Gasteiger partial charge is 0.467 e. The molecule has 7 nitrogen and oxygen atoms in total. The van der Waals surface area contributed by atoms with Gasteiger partial charge in [-0.25, -0.2) is 4.79 Å². The van der Waals surface area contributed by atoms with Crippen LogP contribution < -0.4 is 15.5 Å². The lowest BCUT2D eigenvalue weighted by Gasteiger charge is -2.36. The molecule has 0 spiro atoms. The highest BCUT2D eigenvalue weighted by Crippen LogP contribution is 2.48. The van der Waals surface area contributed by atoms with Crippen molar-refractivity contribution in [3.63, 3.8) is 0 Å². The zero-order valence-corrected chi connectivity index (χ0v) is 18.1. The van der Waals surface area contributed by atoms with Crippen LogP contribution >= 0.6 is 0 Å². The Morgan fingerprint density at radius 2 is 1.88 bits per heavy atom. The summed E-state index contributed by atoms with van der Waals surface area (Å²) in [5, 5.41) is 6.40. The normalized spacial score (nSPS) is 19.6. The van der Waals surface area contributed by atoms with Gasteiger partial charge in [0, 0.05) is 17.7 Å². The molecule has 0 radical (unpaired) electrons. The fourth-order valence-corrected chi connectivity index (χ4v) is 4.59. The number of furan rings is 2. The Balaban J connectivity index is 1.64. The zero-order valence-electron chi connectivity index (χ0n) is 18.1. The summed E-state index contributed by atoms with van der Waals surface area (Å²) in [6, 6.07) is 13.7. The smallest absolute Gasteiger partial charge is 0.323 e. The van der Waals surface area contributed by atoms with Gasteiger partial charge in [0.1, 0.15) is 17.6 Å². The van der Waals surface area contributed by atoms with Gasteiger partial charge in [0.05, 0.1) is 30.4 Å². The molecule has 7 heteroatoms. The third-order valence-corrected chi connectivity index (χ3v) is 5.93. The van der Waals surface area contributed by atoms with Crippen LogP contribution in [-0.4, -0.2) is 11.8 Å². The Morgan fingerprint density at radius 3 is 2.62 bits per heavy atom. The van der Waals surface area contributed by atoms with Crippen molar-refractivity contribution in [2.75, 3.05) is 10.2 Å². The minimum atomic E-state index is -0.684. The second kappa shape index (κ2) is 7.75. The van der Waals surface area contributed by atoms with Crippen LogP contribution in [0, 0.1) is 5.41 Å². The van der Waals surface area contributed by atoms with Gasteiger partial charge in [-0.3, -0.25) is 9.69 Å². The highest BCUT2D eigenvalue weighted by molar-refractivity contribution is 6.05. The van der Waals surface area contributed by atoms with Crippen molar-refractivity contribution in [1.29, 1.82) is 0 Å². The van der Waals surface area contributed by atoms with Crippen molar-refractivity contribution in [2.24, 2.45) is 5.41 Å². The molecular formula is C25H25N3O4. The van der Waals surface area contributed by atoms with E-state index in [0.29, 0.717) is 35.6 Å². The average Bonchev–Trinajstić information content (AvgIpc) is 3.43. The second-order valence-electron chi connectivity index (χ2n) is 9.00. The summed E-state index contributed by atoms with van der Waals surface area (Å²) in [4.78, 5) is 28.7. The first-order valence-corrected chi connectivity index (χ1v) is 10.7. The second-order valence-corrected chi connectivity index (χ2v) is 9.00. The Bertz CT molecular complexity index is 1180. The molecule has 1 aliphatic carbocycles. The molecule has 1 aromatic carbocycles. The van der Waals surface area contributed by atoms with E-state index >= 15 is 0 Å². The number of fused-ring (bicyclic) bond motifs is 1. The number of anilines is 2. The molecule has 5 rings (SSSR count). The van der Waals surface area contributed by atoms with E-state index in [9.17, 15) is 9.59 Å². The van der Waals surface area contributed by atoms with Crippen LogP contribution in [0.3, 0.4) is 0 Å². The number of ketones is 1. The number of amides is 2.